The summed E-state index contributed by atoms with van der Waals surface area (Å²) < 4.78 is 0. The number of nitrogens with zero attached hydrogens (tertiary/aromatic N) is 4. The first kappa shape index (κ1) is 20.9. The number of hydrogen-bond acceptors (Lipinski definition) is 7. The summed E-state index contributed by atoms with van der Waals surface area (Å²) in [7, 11) is 1.78. The van der Waals surface area contributed by atoms with Crippen LogP contribution in [0.25, 0.3) is 10.6 Å². The summed E-state index contributed by atoms with van der Waals surface area (Å²) in [6, 6.07) is 12.4. The lowest BCUT2D eigenvalue weighted by Crippen LogP contribution is -2.32. The lowest BCUT2D eigenvalue weighted by atomic mass is 10.1. The molecule has 0 spiro atoms. The van der Waals surface area contributed by atoms with Crippen LogP contribution in [0.3, 0.4) is 0 Å². The zero-order chi connectivity index (χ0) is 21.1. The highest BCUT2D eigenvalue weighted by atomic mass is 32.1. The van der Waals surface area contributed by atoms with Gasteiger partial charge in [-0.25, -0.2) is 9.97 Å². The third-order valence-corrected chi connectivity index (χ3v) is 5.69. The van der Waals surface area contributed by atoms with Gasteiger partial charge in [-0.2, -0.15) is 5.06 Å². The molecule has 3 rings (SSSR count). The van der Waals surface area contributed by atoms with E-state index < -0.39 is 6.10 Å². The van der Waals surface area contributed by atoms with Crippen LogP contribution in [0.4, 0.5) is 11.6 Å². The van der Waals surface area contributed by atoms with Crippen LogP contribution in [0.1, 0.15) is 42.1 Å². The predicted octanol–water partition coefficient (Wildman–Crippen LogP) is 4.27. The highest BCUT2D eigenvalue weighted by Crippen LogP contribution is 2.30. The number of carbonyl (C=O) groups is 1. The largest absolute Gasteiger partial charge is 0.389 e. The molecule has 0 saturated heterocycles. The van der Waals surface area contributed by atoms with Crippen LogP contribution < -0.4 is 5.06 Å². The number of thiophene rings is 1. The molecule has 0 aliphatic carbocycles. The maximum Gasteiger partial charge on any atom is 0.263 e. The Bertz CT molecular complexity index is 1000. The van der Waals surface area contributed by atoms with E-state index in [-0.39, 0.29) is 17.9 Å². The van der Waals surface area contributed by atoms with Crippen molar-refractivity contribution in [3.8, 4) is 10.6 Å². The fourth-order valence-corrected chi connectivity index (χ4v) is 3.58. The summed E-state index contributed by atoms with van der Waals surface area (Å²) in [4.78, 5) is 24.2. The minimum absolute atomic E-state index is 0.0377. The molecule has 1 atom stereocenters. The number of hydrogen-bond donors (Lipinski definition) is 2. The Morgan fingerprint density at radius 2 is 1.90 bits per heavy atom. The van der Waals surface area contributed by atoms with Crippen molar-refractivity contribution in [1.82, 2.24) is 14.9 Å². The van der Waals surface area contributed by atoms with Gasteiger partial charge >= 0.3 is 0 Å². The predicted molar refractivity (Wildman–Crippen MR) is 114 cm³/mol. The Hall–Kier alpha value is -2.81. The maximum absolute atomic E-state index is 12.5. The van der Waals surface area contributed by atoms with Gasteiger partial charge in [-0.1, -0.05) is 12.1 Å². The van der Waals surface area contributed by atoms with Crippen molar-refractivity contribution < 1.29 is 15.1 Å². The molecule has 0 fully saturated rings. The molecule has 7 nitrogen and oxygen atoms in total. The average molecular weight is 413 g/mol. The fourth-order valence-electron chi connectivity index (χ4n) is 2.62. The Labute approximate surface area is 173 Å². The molecule has 0 aliphatic rings. The van der Waals surface area contributed by atoms with E-state index in [0.717, 1.165) is 9.94 Å². The SMILES string of the molecule is CC(O)c1cccc(N(O)c2nccc(-c3ccc(C(=O)N(C)C(C)C)s3)n2)c1. The van der Waals surface area contributed by atoms with Gasteiger partial charge in [-0.3, -0.25) is 10.0 Å². The van der Waals surface area contributed by atoms with Crippen molar-refractivity contribution in [2.45, 2.75) is 32.9 Å². The molecule has 1 aromatic carbocycles. The number of amides is 1. The molecule has 1 amide bonds. The summed E-state index contributed by atoms with van der Waals surface area (Å²) in [5.74, 6) is 0.0649. The van der Waals surface area contributed by atoms with Gasteiger partial charge in [0.25, 0.3) is 11.9 Å². The van der Waals surface area contributed by atoms with Crippen LogP contribution in [-0.2, 0) is 0 Å². The van der Waals surface area contributed by atoms with Crippen LogP contribution in [0.5, 0.6) is 0 Å². The van der Waals surface area contributed by atoms with E-state index in [1.807, 2.05) is 19.9 Å². The van der Waals surface area contributed by atoms with Gasteiger partial charge in [-0.05, 0) is 56.7 Å². The second-order valence-electron chi connectivity index (χ2n) is 7.00. The van der Waals surface area contributed by atoms with Crippen molar-refractivity contribution in [3.05, 3.63) is 59.1 Å². The second kappa shape index (κ2) is 8.69. The van der Waals surface area contributed by atoms with E-state index in [1.165, 1.54) is 11.3 Å². The fraction of sp³-hybridized carbons (Fsp3) is 0.286. The lowest BCUT2D eigenvalue weighted by Gasteiger charge is -2.20. The number of aliphatic hydroxyl groups excluding tert-OH is 1. The van der Waals surface area contributed by atoms with Crippen LogP contribution in [-0.4, -0.2) is 44.2 Å². The highest BCUT2D eigenvalue weighted by molar-refractivity contribution is 7.17. The van der Waals surface area contributed by atoms with E-state index >= 15 is 0 Å². The molecule has 0 saturated carbocycles. The number of aromatic nitrogens is 2. The number of aliphatic hydroxyl groups is 1. The molecule has 1 unspecified atom stereocenters. The van der Waals surface area contributed by atoms with Gasteiger partial charge in [0.2, 0.25) is 0 Å². The van der Waals surface area contributed by atoms with E-state index in [2.05, 4.69) is 9.97 Å². The molecular weight excluding hydrogens is 388 g/mol. The van der Waals surface area contributed by atoms with Crippen molar-refractivity contribution in [1.29, 1.82) is 0 Å². The van der Waals surface area contributed by atoms with Crippen LogP contribution in [0.15, 0.2) is 48.7 Å². The minimum atomic E-state index is -0.651. The summed E-state index contributed by atoms with van der Waals surface area (Å²) >= 11 is 1.35. The van der Waals surface area contributed by atoms with Gasteiger partial charge in [0.15, 0.2) is 0 Å². The number of benzene rings is 1. The lowest BCUT2D eigenvalue weighted by molar-refractivity contribution is 0.0760. The third-order valence-electron chi connectivity index (χ3n) is 4.59. The van der Waals surface area contributed by atoms with Gasteiger partial charge in [0.1, 0.15) is 0 Å². The first-order valence-electron chi connectivity index (χ1n) is 9.25. The quantitative estimate of drug-likeness (QED) is 0.588. The molecule has 0 radical (unpaired) electrons. The van der Waals surface area contributed by atoms with Crippen molar-refractivity contribution in [2.24, 2.45) is 0 Å². The Morgan fingerprint density at radius 1 is 1.14 bits per heavy atom. The van der Waals surface area contributed by atoms with E-state index in [4.69, 9.17) is 0 Å². The Kier molecular flexibility index (Phi) is 6.26. The second-order valence-corrected chi connectivity index (χ2v) is 8.08. The minimum Gasteiger partial charge on any atom is -0.389 e. The average Bonchev–Trinajstić information content (AvgIpc) is 3.22. The van der Waals surface area contributed by atoms with Gasteiger partial charge in [0, 0.05) is 19.3 Å². The molecule has 0 aliphatic heterocycles. The van der Waals surface area contributed by atoms with Crippen molar-refractivity contribution >= 4 is 28.9 Å². The van der Waals surface area contributed by atoms with Crippen LogP contribution in [0, 0.1) is 0 Å². The molecule has 2 heterocycles. The van der Waals surface area contributed by atoms with E-state index in [1.54, 1.807) is 61.5 Å². The van der Waals surface area contributed by atoms with Crippen LogP contribution in [0.2, 0.25) is 0 Å². The molecule has 29 heavy (non-hydrogen) atoms. The number of anilines is 2. The molecule has 2 N–H and O–H groups in total. The maximum atomic E-state index is 12.5. The monoisotopic (exact) mass is 412 g/mol. The van der Waals surface area contributed by atoms with Gasteiger partial charge in [0.05, 0.1) is 27.2 Å². The Morgan fingerprint density at radius 3 is 2.59 bits per heavy atom. The summed E-state index contributed by atoms with van der Waals surface area (Å²) in [6.07, 6.45) is 0.905. The Balaban J connectivity index is 1.87. The first-order valence-corrected chi connectivity index (χ1v) is 10.1. The normalized spacial score (nSPS) is 12.1. The van der Waals surface area contributed by atoms with Gasteiger partial charge < -0.3 is 10.0 Å². The van der Waals surface area contributed by atoms with Crippen LogP contribution >= 0.6 is 11.3 Å². The standard InChI is InChI=1S/C21H24N4O3S/c1-13(2)24(4)20(27)19-9-8-18(29-19)17-10-11-22-21(23-17)25(28)16-7-5-6-15(12-16)14(3)26/h5-14,26,28H,1-4H3. The molecule has 8 heteroatoms. The molecule has 152 valence electrons. The van der Waals surface area contributed by atoms with Gasteiger partial charge in [-0.15, -0.1) is 11.3 Å². The number of rotatable bonds is 6. The molecule has 0 bridgehead atoms. The zero-order valence-corrected chi connectivity index (χ0v) is 17.6. The zero-order valence-electron chi connectivity index (χ0n) is 16.8. The van der Waals surface area contributed by atoms with Crippen molar-refractivity contribution in [2.75, 3.05) is 12.1 Å². The summed E-state index contributed by atoms with van der Waals surface area (Å²) in [6.45, 7) is 5.58. The molecular formula is C21H24N4O3S. The topological polar surface area (TPSA) is 89.8 Å². The molecule has 3 aromatic rings. The summed E-state index contributed by atoms with van der Waals surface area (Å²) in [5.41, 5.74) is 1.73. The van der Waals surface area contributed by atoms with E-state index in [0.29, 0.717) is 21.8 Å². The highest BCUT2D eigenvalue weighted by Gasteiger charge is 2.18. The summed E-state index contributed by atoms with van der Waals surface area (Å²) in [5, 5.41) is 21.2. The third kappa shape index (κ3) is 4.61. The van der Waals surface area contributed by atoms with Crippen molar-refractivity contribution in [3.63, 3.8) is 0 Å². The first-order chi connectivity index (χ1) is 13.8. The number of carbonyl (C=O) groups excluding carboxylic acids is 1. The van der Waals surface area contributed by atoms with E-state index in [9.17, 15) is 15.1 Å². The molecule has 2 aromatic heterocycles. The smallest absolute Gasteiger partial charge is 0.263 e.